The van der Waals surface area contributed by atoms with E-state index >= 15 is 0 Å². The summed E-state index contributed by atoms with van der Waals surface area (Å²) >= 11 is 5.59. The average Bonchev–Trinajstić information content (AvgIpc) is 3.25. The van der Waals surface area contributed by atoms with Gasteiger partial charge in [0.25, 0.3) is 0 Å². The van der Waals surface area contributed by atoms with E-state index in [1.807, 2.05) is 0 Å². The normalized spacial score (nSPS) is 10.8. The number of fused-ring (bicyclic) bond motifs is 2. The van der Waals surface area contributed by atoms with Gasteiger partial charge in [-0.25, -0.2) is 17.6 Å². The number of hydrogen-bond acceptors (Lipinski definition) is 1. The molecule has 0 amide bonds. The lowest BCUT2D eigenvalue weighted by atomic mass is 10.2. The summed E-state index contributed by atoms with van der Waals surface area (Å²) in [7, 11) is 0. The minimum Gasteiger partial charge on any atom is -0.361 e. The Balaban J connectivity index is 0.000000152. The van der Waals surface area contributed by atoms with Crippen LogP contribution in [0.5, 0.6) is 0 Å². The number of halogens is 6. The second-order valence-electron chi connectivity index (χ2n) is 5.20. The van der Waals surface area contributed by atoms with Crippen LogP contribution in [0.25, 0.3) is 21.8 Å². The first-order chi connectivity index (χ1) is 12.3. The lowest BCUT2D eigenvalue weighted by Gasteiger charge is -1.98. The van der Waals surface area contributed by atoms with E-state index in [1.165, 1.54) is 12.3 Å². The molecule has 0 saturated carbocycles. The van der Waals surface area contributed by atoms with Crippen LogP contribution in [0.3, 0.4) is 0 Å². The van der Waals surface area contributed by atoms with Gasteiger partial charge in [0, 0.05) is 28.7 Å². The van der Waals surface area contributed by atoms with Crippen LogP contribution in [-0.4, -0.2) is 16.3 Å². The molecule has 9 heteroatoms. The van der Waals surface area contributed by atoms with Gasteiger partial charge in [-0.1, -0.05) is 0 Å². The van der Waals surface area contributed by atoms with Crippen LogP contribution in [0.15, 0.2) is 39.5 Å². The van der Waals surface area contributed by atoms with Crippen LogP contribution >= 0.6 is 31.9 Å². The van der Waals surface area contributed by atoms with Gasteiger partial charge in [0.15, 0.2) is 6.29 Å². The molecule has 2 N–H and O–H groups in total. The third kappa shape index (κ3) is 3.16. The van der Waals surface area contributed by atoms with E-state index in [0.29, 0.717) is 17.2 Å². The first kappa shape index (κ1) is 18.7. The highest BCUT2D eigenvalue weighted by atomic mass is 79.9. The minimum atomic E-state index is -0.761. The number of H-pyrrole nitrogens is 2. The highest BCUT2D eigenvalue weighted by Gasteiger charge is 2.15. The van der Waals surface area contributed by atoms with Crippen molar-refractivity contribution in [1.29, 1.82) is 0 Å². The third-order valence-corrected chi connectivity index (χ3v) is 5.10. The molecular weight excluding hydrogens is 484 g/mol. The van der Waals surface area contributed by atoms with Gasteiger partial charge < -0.3 is 9.97 Å². The Bertz CT molecular complexity index is 1140. The summed E-state index contributed by atoms with van der Waals surface area (Å²) in [4.78, 5) is 15.9. The Hall–Kier alpha value is -2.13. The molecule has 2 aromatic carbocycles. The third-order valence-electron chi connectivity index (χ3n) is 3.65. The zero-order chi connectivity index (χ0) is 19.0. The van der Waals surface area contributed by atoms with Crippen molar-refractivity contribution in [3.8, 4) is 0 Å². The fraction of sp³-hybridized carbons (Fsp3) is 0. The van der Waals surface area contributed by atoms with Crippen molar-refractivity contribution in [3.05, 3.63) is 68.4 Å². The van der Waals surface area contributed by atoms with E-state index in [9.17, 15) is 22.4 Å². The largest absolute Gasteiger partial charge is 0.361 e. The van der Waals surface area contributed by atoms with Crippen LogP contribution in [-0.2, 0) is 0 Å². The van der Waals surface area contributed by atoms with E-state index in [-0.39, 0.29) is 25.4 Å². The fourth-order valence-corrected chi connectivity index (χ4v) is 3.06. The Morgan fingerprint density at radius 3 is 2.15 bits per heavy atom. The van der Waals surface area contributed by atoms with E-state index in [1.54, 1.807) is 12.3 Å². The topological polar surface area (TPSA) is 48.6 Å². The Kier molecular flexibility index (Phi) is 5.19. The monoisotopic (exact) mass is 490 g/mol. The number of aromatic amines is 2. The maximum absolute atomic E-state index is 13.5. The molecule has 2 heterocycles. The van der Waals surface area contributed by atoms with Crippen molar-refractivity contribution >= 4 is 60.0 Å². The number of carbonyl (C=O) groups excluding carboxylic acids is 1. The zero-order valence-electron chi connectivity index (χ0n) is 12.6. The van der Waals surface area contributed by atoms with Gasteiger partial charge in [-0.15, -0.1) is 0 Å². The van der Waals surface area contributed by atoms with E-state index in [0.717, 1.165) is 6.07 Å². The predicted octanol–water partition coefficient (Wildman–Crippen LogP) is 6.23. The van der Waals surface area contributed by atoms with Gasteiger partial charge in [0.05, 0.1) is 20.0 Å². The molecule has 0 atom stereocenters. The van der Waals surface area contributed by atoms with E-state index in [4.69, 9.17) is 0 Å². The summed E-state index contributed by atoms with van der Waals surface area (Å²) in [5.41, 5.74) is 0.914. The average molecular weight is 492 g/mol. The summed E-state index contributed by atoms with van der Waals surface area (Å²) in [5.74, 6) is -2.62. The van der Waals surface area contributed by atoms with Crippen molar-refractivity contribution in [3.63, 3.8) is 0 Å². The van der Waals surface area contributed by atoms with Crippen LogP contribution in [0.2, 0.25) is 0 Å². The van der Waals surface area contributed by atoms with Crippen molar-refractivity contribution < 1.29 is 22.4 Å². The minimum absolute atomic E-state index is 0.105. The smallest absolute Gasteiger partial charge is 0.152 e. The van der Waals surface area contributed by atoms with Crippen molar-refractivity contribution in [1.82, 2.24) is 9.97 Å². The quantitative estimate of drug-likeness (QED) is 0.185. The van der Waals surface area contributed by atoms with Gasteiger partial charge in [0.1, 0.15) is 23.3 Å². The Morgan fingerprint density at radius 1 is 0.885 bits per heavy atom. The summed E-state index contributed by atoms with van der Waals surface area (Å²) in [6, 6.07) is 3.95. The van der Waals surface area contributed by atoms with Crippen LogP contribution in [0, 0.1) is 23.3 Å². The fourth-order valence-electron chi connectivity index (χ4n) is 2.42. The SMILES string of the molecule is Fc1cc2[nH]ccc2c(F)c1Br.O=Cc1c[nH]c2cc(F)c(Br)c(F)c12. The van der Waals surface area contributed by atoms with Gasteiger partial charge in [-0.05, 0) is 50.1 Å². The molecule has 0 bridgehead atoms. The van der Waals surface area contributed by atoms with E-state index in [2.05, 4.69) is 41.8 Å². The maximum Gasteiger partial charge on any atom is 0.152 e. The molecule has 4 rings (SSSR count). The summed E-state index contributed by atoms with van der Waals surface area (Å²) in [6.07, 6.45) is 3.43. The van der Waals surface area contributed by atoms with Gasteiger partial charge in [0.2, 0.25) is 0 Å². The van der Waals surface area contributed by atoms with Crippen LogP contribution in [0.4, 0.5) is 17.6 Å². The molecular formula is C17H8Br2F4N2O. The molecule has 3 nitrogen and oxygen atoms in total. The van der Waals surface area contributed by atoms with Crippen molar-refractivity contribution in [2.45, 2.75) is 0 Å². The molecule has 134 valence electrons. The molecule has 0 fully saturated rings. The number of hydrogen-bond donors (Lipinski definition) is 2. The molecule has 0 aliphatic heterocycles. The number of aromatic nitrogens is 2. The summed E-state index contributed by atoms with van der Waals surface area (Å²) in [5, 5.41) is 0.497. The highest BCUT2D eigenvalue weighted by molar-refractivity contribution is 9.10. The number of rotatable bonds is 1. The number of nitrogens with one attached hydrogen (secondary N) is 2. The van der Waals surface area contributed by atoms with Gasteiger partial charge in [-0.3, -0.25) is 4.79 Å². The first-order valence-corrected chi connectivity index (χ1v) is 8.64. The van der Waals surface area contributed by atoms with Gasteiger partial charge in [-0.2, -0.15) is 0 Å². The molecule has 0 saturated heterocycles. The summed E-state index contributed by atoms with van der Waals surface area (Å²) in [6.45, 7) is 0. The molecule has 0 aliphatic carbocycles. The predicted molar refractivity (Wildman–Crippen MR) is 97.2 cm³/mol. The second kappa shape index (κ2) is 7.24. The van der Waals surface area contributed by atoms with Crippen molar-refractivity contribution in [2.24, 2.45) is 0 Å². The molecule has 0 radical (unpaired) electrons. The Labute approximate surface area is 160 Å². The number of benzene rings is 2. The van der Waals surface area contributed by atoms with Crippen LogP contribution < -0.4 is 0 Å². The van der Waals surface area contributed by atoms with Crippen molar-refractivity contribution in [2.75, 3.05) is 0 Å². The molecule has 0 aliphatic rings. The molecule has 0 spiro atoms. The highest BCUT2D eigenvalue weighted by Crippen LogP contribution is 2.29. The standard InChI is InChI=1S/C9H4BrF2NO.C8H4BrF2N/c10-8-5(11)1-6-7(9(8)12)4(3-14)2-13-6;9-7-5(10)3-6-4(8(7)11)1-2-12-6/h1-3,13H;1-3,12H. The van der Waals surface area contributed by atoms with Gasteiger partial charge >= 0.3 is 0 Å². The second-order valence-corrected chi connectivity index (χ2v) is 6.78. The number of aldehydes is 1. The van der Waals surface area contributed by atoms with Crippen LogP contribution in [0.1, 0.15) is 10.4 Å². The lowest BCUT2D eigenvalue weighted by Crippen LogP contribution is -1.87. The maximum atomic E-state index is 13.5. The lowest BCUT2D eigenvalue weighted by molar-refractivity contribution is 0.112. The molecule has 0 unspecified atom stereocenters. The first-order valence-electron chi connectivity index (χ1n) is 7.05. The Morgan fingerprint density at radius 2 is 1.50 bits per heavy atom. The molecule has 4 aromatic rings. The van der Waals surface area contributed by atoms with E-state index < -0.39 is 23.3 Å². The number of carbonyl (C=O) groups is 1. The molecule has 26 heavy (non-hydrogen) atoms. The summed E-state index contributed by atoms with van der Waals surface area (Å²) < 4.78 is 52.2. The zero-order valence-corrected chi connectivity index (χ0v) is 15.8. The molecule has 2 aromatic heterocycles.